The van der Waals surface area contributed by atoms with Gasteiger partial charge in [0.15, 0.2) is 17.3 Å². The van der Waals surface area contributed by atoms with Gasteiger partial charge in [0, 0.05) is 4.88 Å². The van der Waals surface area contributed by atoms with Gasteiger partial charge in [-0.05, 0) is 77.9 Å². The number of rotatable bonds is 5. The number of hydrogen-bond acceptors (Lipinski definition) is 5. The number of fused-ring (bicyclic) bond motifs is 3. The molecule has 0 amide bonds. The first-order chi connectivity index (χ1) is 14.0. The van der Waals surface area contributed by atoms with E-state index in [1.54, 1.807) is 24.5 Å². The van der Waals surface area contributed by atoms with Gasteiger partial charge in [-0.3, -0.25) is 4.79 Å². The number of halogens is 2. The zero-order valence-electron chi connectivity index (χ0n) is 16.1. The van der Waals surface area contributed by atoms with E-state index in [2.05, 4.69) is 25.9 Å². The number of H-pyrrole nitrogens is 1. The number of benzene rings is 1. The molecule has 1 aromatic carbocycles. The molecule has 0 saturated carbocycles. The fraction of sp³-hybridized carbons (Fsp3) is 0.333. The summed E-state index contributed by atoms with van der Waals surface area (Å²) in [6, 6.07) is 3.72. The molecule has 0 aliphatic heterocycles. The van der Waals surface area contributed by atoms with Crippen LogP contribution in [-0.2, 0) is 12.8 Å². The van der Waals surface area contributed by atoms with E-state index in [9.17, 15) is 4.79 Å². The second-order valence-corrected chi connectivity index (χ2v) is 9.11. The molecule has 4 rings (SSSR count). The normalized spacial score (nSPS) is 14.1. The zero-order valence-corrected chi connectivity index (χ0v) is 19.3. The quantitative estimate of drug-likeness (QED) is 0.488. The van der Waals surface area contributed by atoms with Crippen molar-refractivity contribution in [1.82, 2.24) is 9.97 Å². The van der Waals surface area contributed by atoms with Gasteiger partial charge < -0.3 is 14.5 Å². The maximum atomic E-state index is 12.7. The first-order valence-electron chi connectivity index (χ1n) is 9.44. The molecule has 0 radical (unpaired) electrons. The summed E-state index contributed by atoms with van der Waals surface area (Å²) in [5, 5.41) is 1.08. The van der Waals surface area contributed by atoms with E-state index in [4.69, 9.17) is 21.1 Å². The number of hydrogen-bond donors (Lipinski definition) is 1. The van der Waals surface area contributed by atoms with Crippen LogP contribution < -0.4 is 15.0 Å². The summed E-state index contributed by atoms with van der Waals surface area (Å²) in [6.45, 7) is 2.42. The van der Waals surface area contributed by atoms with Gasteiger partial charge in [0.05, 0.1) is 28.6 Å². The summed E-state index contributed by atoms with van der Waals surface area (Å²) in [6.07, 6.45) is 6.01. The van der Waals surface area contributed by atoms with Gasteiger partial charge >= 0.3 is 0 Å². The number of nitrogens with zero attached hydrogens (tertiary/aromatic N) is 1. The molecule has 2 aromatic heterocycles. The van der Waals surface area contributed by atoms with Crippen molar-refractivity contribution in [3.8, 4) is 11.5 Å². The summed E-state index contributed by atoms with van der Waals surface area (Å²) >= 11 is 11.6. The van der Waals surface area contributed by atoms with E-state index in [1.165, 1.54) is 11.3 Å². The van der Waals surface area contributed by atoms with Crippen LogP contribution in [0.5, 0.6) is 11.5 Å². The molecule has 5 nitrogen and oxygen atoms in total. The second kappa shape index (κ2) is 8.50. The molecule has 0 saturated heterocycles. The predicted octanol–water partition coefficient (Wildman–Crippen LogP) is 5.77. The van der Waals surface area contributed by atoms with Crippen LogP contribution in [0.4, 0.5) is 0 Å². The highest BCUT2D eigenvalue weighted by Crippen LogP contribution is 2.38. The average molecular weight is 496 g/mol. The van der Waals surface area contributed by atoms with Crippen molar-refractivity contribution in [3.05, 3.63) is 48.8 Å². The van der Waals surface area contributed by atoms with E-state index in [0.717, 1.165) is 45.1 Å². The topological polar surface area (TPSA) is 64.2 Å². The number of methoxy groups -OCH3 is 1. The van der Waals surface area contributed by atoms with E-state index in [1.807, 2.05) is 19.1 Å². The lowest BCUT2D eigenvalue weighted by atomic mass is 9.97. The Morgan fingerprint density at radius 1 is 1.38 bits per heavy atom. The number of aromatic nitrogens is 2. The molecule has 0 unspecified atom stereocenters. The highest BCUT2D eigenvalue weighted by Gasteiger charge is 2.20. The standard InChI is InChI=1S/C21H20BrClN2O3S/c1-3-28-15-10-11(8-13(22)18(15)27-2)9-14(23)19-24-20(26)17-12-6-4-5-7-16(12)29-21(17)25-19/h8-10H,3-7H2,1-2H3,(H,24,25,26)/b14-9-. The lowest BCUT2D eigenvalue weighted by Gasteiger charge is -2.12. The van der Waals surface area contributed by atoms with Crippen molar-refractivity contribution in [3.63, 3.8) is 0 Å². The SMILES string of the molecule is CCOc1cc(/C=C(\Cl)c2nc3sc4c(c3c(=O)[nH]2)CCCC4)cc(Br)c1OC. The number of thiophene rings is 1. The van der Waals surface area contributed by atoms with E-state index in [-0.39, 0.29) is 5.56 Å². The molecule has 3 aromatic rings. The Morgan fingerprint density at radius 2 is 2.17 bits per heavy atom. The highest BCUT2D eigenvalue weighted by molar-refractivity contribution is 9.10. The van der Waals surface area contributed by atoms with Crippen LogP contribution in [0, 0.1) is 0 Å². The molecule has 29 heavy (non-hydrogen) atoms. The lowest BCUT2D eigenvalue weighted by Crippen LogP contribution is -2.12. The van der Waals surface area contributed by atoms with Crippen LogP contribution in [0.2, 0.25) is 0 Å². The van der Waals surface area contributed by atoms with Gasteiger partial charge in [0.25, 0.3) is 5.56 Å². The van der Waals surface area contributed by atoms with Crippen LogP contribution >= 0.6 is 38.9 Å². The maximum Gasteiger partial charge on any atom is 0.260 e. The van der Waals surface area contributed by atoms with Crippen molar-refractivity contribution in [2.75, 3.05) is 13.7 Å². The molecule has 8 heteroatoms. The number of aryl methyl sites for hydroxylation is 2. The summed E-state index contributed by atoms with van der Waals surface area (Å²) in [5.74, 6) is 1.60. The maximum absolute atomic E-state index is 12.7. The molecule has 2 heterocycles. The molecule has 1 aliphatic rings. The van der Waals surface area contributed by atoms with Crippen molar-refractivity contribution in [1.29, 1.82) is 0 Å². The Kier molecular flexibility index (Phi) is 5.99. The van der Waals surface area contributed by atoms with Crippen LogP contribution in [-0.4, -0.2) is 23.7 Å². The minimum Gasteiger partial charge on any atom is -0.492 e. The van der Waals surface area contributed by atoms with Crippen LogP contribution in [0.1, 0.15) is 41.6 Å². The molecule has 1 N–H and O–H groups in total. The molecule has 0 bridgehead atoms. The first-order valence-corrected chi connectivity index (χ1v) is 11.4. The van der Waals surface area contributed by atoms with Gasteiger partial charge in [-0.25, -0.2) is 4.98 Å². The third-order valence-electron chi connectivity index (χ3n) is 4.88. The van der Waals surface area contributed by atoms with Crippen LogP contribution in [0.15, 0.2) is 21.4 Å². The Balaban J connectivity index is 1.76. The summed E-state index contributed by atoms with van der Waals surface area (Å²) in [4.78, 5) is 22.3. The average Bonchev–Trinajstić information content (AvgIpc) is 3.07. The Bertz CT molecular complexity index is 1170. The third-order valence-corrected chi connectivity index (χ3v) is 6.94. The first kappa shape index (κ1) is 20.4. The fourth-order valence-electron chi connectivity index (χ4n) is 3.62. The predicted molar refractivity (Wildman–Crippen MR) is 122 cm³/mol. The minimum atomic E-state index is -0.123. The Morgan fingerprint density at radius 3 is 2.93 bits per heavy atom. The largest absolute Gasteiger partial charge is 0.492 e. The molecule has 152 valence electrons. The summed E-state index contributed by atoms with van der Waals surface area (Å²) in [5.41, 5.74) is 1.85. The molecular formula is C21H20BrClN2O3S. The number of nitrogens with one attached hydrogen (secondary N) is 1. The van der Waals surface area contributed by atoms with Gasteiger partial charge in [0.1, 0.15) is 4.83 Å². The lowest BCUT2D eigenvalue weighted by molar-refractivity contribution is 0.310. The molecule has 0 fully saturated rings. The minimum absolute atomic E-state index is 0.123. The van der Waals surface area contributed by atoms with Gasteiger partial charge in [-0.2, -0.15) is 0 Å². The third kappa shape index (κ3) is 3.96. The highest BCUT2D eigenvalue weighted by atomic mass is 79.9. The molecule has 0 spiro atoms. The zero-order chi connectivity index (χ0) is 20.5. The smallest absolute Gasteiger partial charge is 0.260 e. The van der Waals surface area contributed by atoms with Crippen LogP contribution in [0.25, 0.3) is 21.3 Å². The van der Waals surface area contributed by atoms with Crippen molar-refractivity contribution in [2.24, 2.45) is 0 Å². The van der Waals surface area contributed by atoms with Crippen LogP contribution in [0.3, 0.4) is 0 Å². The summed E-state index contributed by atoms with van der Waals surface area (Å²) < 4.78 is 11.8. The summed E-state index contributed by atoms with van der Waals surface area (Å²) in [7, 11) is 1.59. The monoisotopic (exact) mass is 494 g/mol. The Labute approximate surface area is 185 Å². The number of ether oxygens (including phenoxy) is 2. The molecular weight excluding hydrogens is 476 g/mol. The van der Waals surface area contributed by atoms with Crippen molar-refractivity contribution in [2.45, 2.75) is 32.6 Å². The van der Waals surface area contributed by atoms with Gasteiger partial charge in [0.2, 0.25) is 0 Å². The van der Waals surface area contributed by atoms with Gasteiger partial charge in [-0.1, -0.05) is 11.6 Å². The van der Waals surface area contributed by atoms with E-state index >= 15 is 0 Å². The molecule has 1 aliphatic carbocycles. The van der Waals surface area contributed by atoms with E-state index < -0.39 is 0 Å². The number of aromatic amines is 1. The Hall–Kier alpha value is -1.83. The fourth-order valence-corrected chi connectivity index (χ4v) is 5.72. The molecule has 0 atom stereocenters. The van der Waals surface area contributed by atoms with Gasteiger partial charge in [-0.15, -0.1) is 11.3 Å². The van der Waals surface area contributed by atoms with Crippen molar-refractivity contribution < 1.29 is 9.47 Å². The van der Waals surface area contributed by atoms with Crippen molar-refractivity contribution >= 4 is 60.2 Å². The second-order valence-electron chi connectivity index (χ2n) is 6.76. The van der Waals surface area contributed by atoms with E-state index in [0.29, 0.717) is 29.0 Å².